The molecule has 0 saturated carbocycles. The Morgan fingerprint density at radius 2 is 2.25 bits per heavy atom. The van der Waals surface area contributed by atoms with Crippen LogP contribution in [0, 0.1) is 0 Å². The van der Waals surface area contributed by atoms with Gasteiger partial charge >= 0.3 is 0 Å². The van der Waals surface area contributed by atoms with Crippen molar-refractivity contribution in [3.63, 3.8) is 0 Å². The maximum atomic E-state index is 8.72. The third-order valence-corrected chi connectivity index (χ3v) is 2.33. The summed E-state index contributed by atoms with van der Waals surface area (Å²) in [7, 11) is 1.86. The van der Waals surface area contributed by atoms with Crippen LogP contribution in [0.4, 0.5) is 0 Å². The van der Waals surface area contributed by atoms with E-state index in [2.05, 4.69) is 4.98 Å². The van der Waals surface area contributed by atoms with E-state index in [0.717, 1.165) is 17.9 Å². The molecule has 0 unspecified atom stereocenters. The first kappa shape index (κ1) is 9.55. The summed E-state index contributed by atoms with van der Waals surface area (Å²) in [5, 5.41) is 9.40. The van der Waals surface area contributed by atoms with Gasteiger partial charge in [0.05, 0.1) is 12.3 Å². The second kappa shape index (κ2) is 3.92. The van der Waals surface area contributed by atoms with E-state index in [4.69, 9.17) is 16.7 Å². The van der Waals surface area contributed by atoms with Gasteiger partial charge < -0.3 is 9.67 Å². The molecular weight excluding hydrogens is 176 g/mol. The molecule has 0 aromatic carbocycles. The fraction of sp³-hybridized carbons (Fsp3) is 0.625. The SMILES string of the molecule is CCc1nc(CCO)n(C)c1Cl. The molecule has 0 atom stereocenters. The van der Waals surface area contributed by atoms with Gasteiger partial charge in [0.25, 0.3) is 0 Å². The van der Waals surface area contributed by atoms with Crippen LogP contribution in [0.1, 0.15) is 18.4 Å². The largest absolute Gasteiger partial charge is 0.396 e. The Morgan fingerprint density at radius 1 is 1.58 bits per heavy atom. The number of aromatic nitrogens is 2. The lowest BCUT2D eigenvalue weighted by Crippen LogP contribution is -2.00. The molecule has 1 N–H and O–H groups in total. The Morgan fingerprint density at radius 3 is 2.67 bits per heavy atom. The minimum absolute atomic E-state index is 0.115. The number of hydrogen-bond donors (Lipinski definition) is 1. The summed E-state index contributed by atoms with van der Waals surface area (Å²) >= 11 is 5.97. The summed E-state index contributed by atoms with van der Waals surface area (Å²) in [6.07, 6.45) is 1.40. The molecule has 12 heavy (non-hydrogen) atoms. The molecule has 68 valence electrons. The maximum absolute atomic E-state index is 8.72. The van der Waals surface area contributed by atoms with Gasteiger partial charge in [-0.15, -0.1) is 0 Å². The highest BCUT2D eigenvalue weighted by Gasteiger charge is 2.09. The van der Waals surface area contributed by atoms with Crippen molar-refractivity contribution in [2.75, 3.05) is 6.61 Å². The van der Waals surface area contributed by atoms with Gasteiger partial charge in [-0.2, -0.15) is 0 Å². The van der Waals surface area contributed by atoms with Gasteiger partial charge in [0, 0.05) is 13.5 Å². The number of nitrogens with zero attached hydrogens (tertiary/aromatic N) is 2. The molecule has 0 aliphatic heterocycles. The third-order valence-electron chi connectivity index (χ3n) is 1.85. The lowest BCUT2D eigenvalue weighted by Gasteiger charge is -1.98. The number of halogens is 1. The van der Waals surface area contributed by atoms with Crippen LogP contribution in [0.5, 0.6) is 0 Å². The summed E-state index contributed by atoms with van der Waals surface area (Å²) < 4.78 is 1.82. The van der Waals surface area contributed by atoms with Crippen LogP contribution in [-0.2, 0) is 19.9 Å². The Balaban J connectivity index is 2.98. The average molecular weight is 189 g/mol. The van der Waals surface area contributed by atoms with Crippen molar-refractivity contribution in [2.45, 2.75) is 19.8 Å². The van der Waals surface area contributed by atoms with Gasteiger partial charge in [0.15, 0.2) is 0 Å². The molecule has 1 aromatic rings. The number of aliphatic hydroxyl groups is 1. The van der Waals surface area contributed by atoms with Crippen molar-refractivity contribution >= 4 is 11.6 Å². The van der Waals surface area contributed by atoms with Gasteiger partial charge in [-0.1, -0.05) is 18.5 Å². The van der Waals surface area contributed by atoms with E-state index in [1.165, 1.54) is 0 Å². The second-order valence-corrected chi connectivity index (χ2v) is 3.01. The number of aryl methyl sites for hydroxylation is 1. The predicted octanol–water partition coefficient (Wildman–Crippen LogP) is 1.17. The molecule has 4 heteroatoms. The zero-order valence-electron chi connectivity index (χ0n) is 7.34. The highest BCUT2D eigenvalue weighted by molar-refractivity contribution is 6.30. The van der Waals surface area contributed by atoms with Gasteiger partial charge in [0.1, 0.15) is 11.0 Å². The lowest BCUT2D eigenvalue weighted by molar-refractivity contribution is 0.295. The van der Waals surface area contributed by atoms with E-state index in [9.17, 15) is 0 Å². The number of imidazole rings is 1. The summed E-state index contributed by atoms with van der Waals surface area (Å²) in [5.74, 6) is 0.847. The van der Waals surface area contributed by atoms with Crippen molar-refractivity contribution in [3.05, 3.63) is 16.7 Å². The zero-order chi connectivity index (χ0) is 9.14. The van der Waals surface area contributed by atoms with Crippen LogP contribution in [0.3, 0.4) is 0 Å². The number of hydrogen-bond acceptors (Lipinski definition) is 2. The molecule has 0 bridgehead atoms. The standard InChI is InChI=1S/C8H13ClN2O/c1-3-6-8(9)11(2)7(10-6)4-5-12/h12H,3-5H2,1-2H3. The highest BCUT2D eigenvalue weighted by Crippen LogP contribution is 2.16. The third kappa shape index (κ3) is 1.62. The summed E-state index contributed by atoms with van der Waals surface area (Å²) in [6, 6.07) is 0. The molecule has 0 aliphatic carbocycles. The quantitative estimate of drug-likeness (QED) is 0.774. The first-order valence-electron chi connectivity index (χ1n) is 4.01. The van der Waals surface area contributed by atoms with E-state index in [1.54, 1.807) is 0 Å². The van der Waals surface area contributed by atoms with Crippen molar-refractivity contribution in [1.29, 1.82) is 0 Å². The lowest BCUT2D eigenvalue weighted by atomic mass is 10.4. The Labute approximate surface area is 77.0 Å². The maximum Gasteiger partial charge on any atom is 0.131 e. The molecule has 3 nitrogen and oxygen atoms in total. The first-order valence-corrected chi connectivity index (χ1v) is 4.39. The smallest absolute Gasteiger partial charge is 0.131 e. The molecule has 1 aromatic heterocycles. The summed E-state index contributed by atoms with van der Waals surface area (Å²) in [5.41, 5.74) is 0.905. The number of aliphatic hydroxyl groups excluding tert-OH is 1. The Hall–Kier alpha value is -0.540. The monoisotopic (exact) mass is 188 g/mol. The minimum atomic E-state index is 0.115. The molecule has 1 heterocycles. The van der Waals surface area contributed by atoms with E-state index in [0.29, 0.717) is 11.6 Å². The fourth-order valence-electron chi connectivity index (χ4n) is 1.13. The minimum Gasteiger partial charge on any atom is -0.396 e. The second-order valence-electron chi connectivity index (χ2n) is 2.65. The van der Waals surface area contributed by atoms with Crippen LogP contribution in [0.25, 0.3) is 0 Å². The molecule has 0 amide bonds. The molecule has 0 fully saturated rings. The van der Waals surface area contributed by atoms with Gasteiger partial charge in [-0.25, -0.2) is 4.98 Å². The van der Waals surface area contributed by atoms with Crippen molar-refractivity contribution in [3.8, 4) is 0 Å². The normalized spacial score (nSPS) is 10.7. The van der Waals surface area contributed by atoms with Crippen LogP contribution in [0.15, 0.2) is 0 Å². The molecule has 0 spiro atoms. The first-order chi connectivity index (χ1) is 5.70. The molecule has 1 rings (SSSR count). The van der Waals surface area contributed by atoms with Crippen LogP contribution < -0.4 is 0 Å². The van der Waals surface area contributed by atoms with E-state index >= 15 is 0 Å². The van der Waals surface area contributed by atoms with Gasteiger partial charge in [0.2, 0.25) is 0 Å². The fourth-order valence-corrected chi connectivity index (χ4v) is 1.41. The Kier molecular flexibility index (Phi) is 3.12. The van der Waals surface area contributed by atoms with Gasteiger partial charge in [-0.3, -0.25) is 0 Å². The number of rotatable bonds is 3. The van der Waals surface area contributed by atoms with Crippen molar-refractivity contribution in [1.82, 2.24) is 9.55 Å². The van der Waals surface area contributed by atoms with E-state index in [1.807, 2.05) is 18.5 Å². The van der Waals surface area contributed by atoms with E-state index < -0.39 is 0 Å². The highest BCUT2D eigenvalue weighted by atomic mass is 35.5. The molecular formula is C8H13ClN2O. The van der Waals surface area contributed by atoms with Crippen LogP contribution >= 0.6 is 11.6 Å². The van der Waals surface area contributed by atoms with Crippen LogP contribution in [-0.4, -0.2) is 21.3 Å². The van der Waals surface area contributed by atoms with Crippen LogP contribution in [0.2, 0.25) is 5.15 Å². The topological polar surface area (TPSA) is 38.1 Å². The van der Waals surface area contributed by atoms with Gasteiger partial charge in [-0.05, 0) is 6.42 Å². The predicted molar refractivity (Wildman–Crippen MR) is 48.4 cm³/mol. The molecule has 0 saturated heterocycles. The molecule has 0 aliphatic rings. The summed E-state index contributed by atoms with van der Waals surface area (Å²) in [4.78, 5) is 4.29. The Bertz CT molecular complexity index is 270. The zero-order valence-corrected chi connectivity index (χ0v) is 8.10. The van der Waals surface area contributed by atoms with E-state index in [-0.39, 0.29) is 6.61 Å². The average Bonchev–Trinajstić information content (AvgIpc) is 2.33. The van der Waals surface area contributed by atoms with Crippen molar-refractivity contribution in [2.24, 2.45) is 7.05 Å². The summed E-state index contributed by atoms with van der Waals surface area (Å²) in [6.45, 7) is 2.13. The van der Waals surface area contributed by atoms with Crippen molar-refractivity contribution < 1.29 is 5.11 Å². The molecule has 0 radical (unpaired) electrons.